The number of nitro benzene ring substituents is 1. The summed E-state index contributed by atoms with van der Waals surface area (Å²) in [5.74, 6) is 0.900. The minimum Gasteiger partial charge on any atom is -0.328 e. The number of fused-ring (bicyclic) bond motifs is 1. The van der Waals surface area contributed by atoms with Gasteiger partial charge in [0.1, 0.15) is 5.82 Å². The van der Waals surface area contributed by atoms with Crippen molar-refractivity contribution in [1.82, 2.24) is 9.55 Å². The lowest BCUT2D eigenvalue weighted by Gasteiger charge is -2.03. The number of hydrogen-bond acceptors (Lipinski definition) is 3. The maximum Gasteiger partial charge on any atom is 0.271 e. The molecule has 0 amide bonds. The van der Waals surface area contributed by atoms with Gasteiger partial charge in [-0.05, 0) is 19.4 Å². The first kappa shape index (κ1) is 10.6. The van der Waals surface area contributed by atoms with Crippen LogP contribution < -0.4 is 0 Å². The van der Waals surface area contributed by atoms with Crippen molar-refractivity contribution < 1.29 is 4.92 Å². The molecule has 0 aliphatic carbocycles. The van der Waals surface area contributed by atoms with E-state index in [2.05, 4.69) is 16.5 Å². The van der Waals surface area contributed by atoms with E-state index < -0.39 is 4.92 Å². The maximum atomic E-state index is 10.6. The molecule has 1 aromatic carbocycles. The maximum absolute atomic E-state index is 10.6. The largest absolute Gasteiger partial charge is 0.328 e. The summed E-state index contributed by atoms with van der Waals surface area (Å²) in [6.07, 6.45) is 1.02. The molecule has 0 spiro atoms. The first-order chi connectivity index (χ1) is 7.63. The number of imidazole rings is 1. The Morgan fingerprint density at radius 1 is 1.50 bits per heavy atom. The fourth-order valence-corrected chi connectivity index (χ4v) is 1.86. The topological polar surface area (TPSA) is 61.0 Å². The molecule has 0 unspecified atom stereocenters. The Bertz CT molecular complexity index is 545. The van der Waals surface area contributed by atoms with Gasteiger partial charge in [-0.25, -0.2) is 4.98 Å². The summed E-state index contributed by atoms with van der Waals surface area (Å²) >= 11 is 0. The van der Waals surface area contributed by atoms with Crippen molar-refractivity contribution >= 4 is 16.7 Å². The van der Waals surface area contributed by atoms with Gasteiger partial charge < -0.3 is 4.57 Å². The molecule has 0 saturated heterocycles. The summed E-state index contributed by atoms with van der Waals surface area (Å²) in [4.78, 5) is 14.6. The van der Waals surface area contributed by atoms with Crippen LogP contribution in [0.1, 0.15) is 19.2 Å². The van der Waals surface area contributed by atoms with Crippen LogP contribution in [-0.2, 0) is 6.54 Å². The van der Waals surface area contributed by atoms with Gasteiger partial charge in [0.2, 0.25) is 0 Å². The second-order valence-electron chi connectivity index (χ2n) is 3.74. The van der Waals surface area contributed by atoms with E-state index in [0.29, 0.717) is 5.52 Å². The van der Waals surface area contributed by atoms with Crippen LogP contribution in [0.2, 0.25) is 0 Å². The average Bonchev–Trinajstić information content (AvgIpc) is 2.55. The predicted octanol–water partition coefficient (Wildman–Crippen LogP) is 2.66. The van der Waals surface area contributed by atoms with Gasteiger partial charge in [-0.15, -0.1) is 0 Å². The van der Waals surface area contributed by atoms with Crippen LogP contribution in [0, 0.1) is 17.0 Å². The Morgan fingerprint density at radius 2 is 2.25 bits per heavy atom. The number of benzene rings is 1. The number of nitro groups is 1. The molecule has 5 heteroatoms. The Morgan fingerprint density at radius 3 is 2.88 bits per heavy atom. The fourth-order valence-electron chi connectivity index (χ4n) is 1.86. The Hall–Kier alpha value is -1.91. The van der Waals surface area contributed by atoms with E-state index in [1.165, 1.54) is 12.1 Å². The first-order valence-electron chi connectivity index (χ1n) is 5.24. The Kier molecular flexibility index (Phi) is 2.60. The van der Waals surface area contributed by atoms with Crippen LogP contribution in [-0.4, -0.2) is 14.5 Å². The zero-order valence-corrected chi connectivity index (χ0v) is 9.30. The number of non-ortho nitro benzene ring substituents is 1. The summed E-state index contributed by atoms with van der Waals surface area (Å²) < 4.78 is 2.08. The molecule has 1 aromatic heterocycles. The highest BCUT2D eigenvalue weighted by Gasteiger charge is 2.11. The lowest BCUT2D eigenvalue weighted by molar-refractivity contribution is -0.384. The molecule has 1 heterocycles. The van der Waals surface area contributed by atoms with Crippen LogP contribution in [0.5, 0.6) is 0 Å². The van der Waals surface area contributed by atoms with Gasteiger partial charge in [-0.3, -0.25) is 10.1 Å². The highest BCUT2D eigenvalue weighted by molar-refractivity contribution is 5.78. The van der Waals surface area contributed by atoms with Gasteiger partial charge in [0.25, 0.3) is 5.69 Å². The van der Waals surface area contributed by atoms with Gasteiger partial charge in [0, 0.05) is 18.7 Å². The fraction of sp³-hybridized carbons (Fsp3) is 0.364. The molecule has 0 N–H and O–H groups in total. The van der Waals surface area contributed by atoms with Crippen molar-refractivity contribution in [2.24, 2.45) is 0 Å². The van der Waals surface area contributed by atoms with Crippen LogP contribution in [0.3, 0.4) is 0 Å². The van der Waals surface area contributed by atoms with E-state index in [4.69, 9.17) is 0 Å². The minimum atomic E-state index is -0.395. The van der Waals surface area contributed by atoms with Crippen molar-refractivity contribution in [3.05, 3.63) is 34.1 Å². The SMILES string of the molecule is CCCn1c(C)nc2cc([N+](=O)[O-])ccc21. The monoisotopic (exact) mass is 219 g/mol. The third-order valence-corrected chi connectivity index (χ3v) is 2.58. The van der Waals surface area contributed by atoms with E-state index in [0.717, 1.165) is 24.3 Å². The summed E-state index contributed by atoms with van der Waals surface area (Å²) in [6.45, 7) is 4.90. The van der Waals surface area contributed by atoms with Crippen LogP contribution in [0.15, 0.2) is 18.2 Å². The molecule has 0 radical (unpaired) electrons. The number of aromatic nitrogens is 2. The van der Waals surface area contributed by atoms with Gasteiger partial charge >= 0.3 is 0 Å². The van der Waals surface area contributed by atoms with Crippen molar-refractivity contribution in [1.29, 1.82) is 0 Å². The molecule has 0 aliphatic heterocycles. The second-order valence-corrected chi connectivity index (χ2v) is 3.74. The van der Waals surface area contributed by atoms with E-state index >= 15 is 0 Å². The smallest absolute Gasteiger partial charge is 0.271 e. The Balaban J connectivity index is 2.60. The number of hydrogen-bond donors (Lipinski definition) is 0. The summed E-state index contributed by atoms with van der Waals surface area (Å²) in [7, 11) is 0. The van der Waals surface area contributed by atoms with Crippen LogP contribution in [0.4, 0.5) is 5.69 Å². The van der Waals surface area contributed by atoms with E-state index in [-0.39, 0.29) is 5.69 Å². The average molecular weight is 219 g/mol. The zero-order valence-electron chi connectivity index (χ0n) is 9.30. The standard InChI is InChI=1S/C11H13N3O2/c1-3-6-13-8(2)12-10-7-9(14(15)16)4-5-11(10)13/h4-5,7H,3,6H2,1-2H3. The van der Waals surface area contributed by atoms with Gasteiger partial charge in [0.15, 0.2) is 0 Å². The summed E-state index contributed by atoms with van der Waals surface area (Å²) in [5, 5.41) is 10.6. The molecule has 0 saturated carbocycles. The number of nitrogens with zero attached hydrogens (tertiary/aromatic N) is 3. The lowest BCUT2D eigenvalue weighted by Crippen LogP contribution is -1.98. The zero-order chi connectivity index (χ0) is 11.7. The normalized spacial score (nSPS) is 10.9. The minimum absolute atomic E-state index is 0.0913. The first-order valence-corrected chi connectivity index (χ1v) is 5.24. The van der Waals surface area contributed by atoms with E-state index in [1.807, 2.05) is 6.92 Å². The molecule has 0 bridgehead atoms. The van der Waals surface area contributed by atoms with E-state index in [1.54, 1.807) is 6.07 Å². The summed E-state index contributed by atoms with van der Waals surface area (Å²) in [6, 6.07) is 4.81. The summed E-state index contributed by atoms with van der Waals surface area (Å²) in [5.41, 5.74) is 1.75. The van der Waals surface area contributed by atoms with Crippen molar-refractivity contribution in [3.8, 4) is 0 Å². The number of rotatable bonds is 3. The predicted molar refractivity (Wildman–Crippen MR) is 61.4 cm³/mol. The molecule has 0 atom stereocenters. The molecule has 16 heavy (non-hydrogen) atoms. The Labute approximate surface area is 92.9 Å². The quantitative estimate of drug-likeness (QED) is 0.589. The van der Waals surface area contributed by atoms with Crippen molar-refractivity contribution in [2.75, 3.05) is 0 Å². The van der Waals surface area contributed by atoms with Crippen LogP contribution in [0.25, 0.3) is 11.0 Å². The lowest BCUT2D eigenvalue weighted by atomic mass is 10.3. The molecule has 5 nitrogen and oxygen atoms in total. The molecule has 2 aromatic rings. The van der Waals surface area contributed by atoms with Crippen LogP contribution >= 0.6 is 0 Å². The molecular weight excluding hydrogens is 206 g/mol. The van der Waals surface area contributed by atoms with Gasteiger partial charge in [-0.1, -0.05) is 6.92 Å². The van der Waals surface area contributed by atoms with E-state index in [9.17, 15) is 10.1 Å². The van der Waals surface area contributed by atoms with Gasteiger partial charge in [-0.2, -0.15) is 0 Å². The highest BCUT2D eigenvalue weighted by atomic mass is 16.6. The number of aryl methyl sites for hydroxylation is 2. The molecule has 84 valence electrons. The third kappa shape index (κ3) is 1.64. The highest BCUT2D eigenvalue weighted by Crippen LogP contribution is 2.21. The molecule has 0 fully saturated rings. The third-order valence-electron chi connectivity index (χ3n) is 2.58. The van der Waals surface area contributed by atoms with Crippen molar-refractivity contribution in [2.45, 2.75) is 26.8 Å². The second kappa shape index (κ2) is 3.92. The van der Waals surface area contributed by atoms with Crippen molar-refractivity contribution in [3.63, 3.8) is 0 Å². The van der Waals surface area contributed by atoms with Gasteiger partial charge in [0.05, 0.1) is 16.0 Å². The molecule has 0 aliphatic rings. The molecule has 2 rings (SSSR count). The molecular formula is C11H13N3O2.